The van der Waals surface area contributed by atoms with Crippen molar-refractivity contribution in [1.29, 1.82) is 0 Å². The molecule has 0 aromatic heterocycles. The van der Waals surface area contributed by atoms with E-state index in [4.69, 9.17) is 11.6 Å². The lowest BCUT2D eigenvalue weighted by atomic mass is 9.78. The molecule has 1 aliphatic carbocycles. The van der Waals surface area contributed by atoms with Crippen LogP contribution in [0.25, 0.3) is 0 Å². The minimum atomic E-state index is -0.144. The maximum atomic E-state index is 13.7. The number of halogens is 2. The standard InChI is InChI=1S/C18H26ClF/c1-2-3-4-14-5-7-15(8-6-14)9-10-16-11-12-17(19)13-18(16)20/h11-15H,2-10H2,1H3/t14-,15-. The van der Waals surface area contributed by atoms with Gasteiger partial charge < -0.3 is 0 Å². The van der Waals surface area contributed by atoms with Gasteiger partial charge in [-0.15, -0.1) is 0 Å². The Morgan fingerprint density at radius 3 is 2.35 bits per heavy atom. The number of hydrogen-bond donors (Lipinski definition) is 0. The van der Waals surface area contributed by atoms with Crippen molar-refractivity contribution in [3.8, 4) is 0 Å². The predicted octanol–water partition coefficient (Wildman–Crippen LogP) is 6.41. The molecular formula is C18H26ClF. The van der Waals surface area contributed by atoms with Crippen molar-refractivity contribution in [3.63, 3.8) is 0 Å². The molecule has 1 fully saturated rings. The van der Waals surface area contributed by atoms with Crippen LogP contribution in [-0.2, 0) is 6.42 Å². The molecule has 0 N–H and O–H groups in total. The average molecular weight is 297 g/mol. The van der Waals surface area contributed by atoms with Crippen LogP contribution in [0.1, 0.15) is 63.9 Å². The highest BCUT2D eigenvalue weighted by Gasteiger charge is 2.20. The van der Waals surface area contributed by atoms with Crippen LogP contribution in [0.4, 0.5) is 4.39 Å². The summed E-state index contributed by atoms with van der Waals surface area (Å²) < 4.78 is 13.7. The third-order valence-electron chi connectivity index (χ3n) is 4.77. The molecular weight excluding hydrogens is 271 g/mol. The molecule has 0 unspecified atom stereocenters. The van der Waals surface area contributed by atoms with E-state index in [2.05, 4.69) is 6.92 Å². The molecule has 0 radical (unpaired) electrons. The molecule has 0 heterocycles. The maximum Gasteiger partial charge on any atom is 0.127 e. The van der Waals surface area contributed by atoms with Crippen molar-refractivity contribution < 1.29 is 4.39 Å². The van der Waals surface area contributed by atoms with Gasteiger partial charge in [-0.1, -0.05) is 69.5 Å². The SMILES string of the molecule is CCCC[C@H]1CC[C@H](CCc2ccc(Cl)cc2F)CC1. The van der Waals surface area contributed by atoms with E-state index >= 15 is 0 Å². The number of rotatable bonds is 6. The lowest BCUT2D eigenvalue weighted by Crippen LogP contribution is -2.15. The molecule has 1 saturated carbocycles. The van der Waals surface area contributed by atoms with E-state index in [1.807, 2.05) is 6.07 Å². The van der Waals surface area contributed by atoms with Crippen molar-refractivity contribution in [3.05, 3.63) is 34.6 Å². The van der Waals surface area contributed by atoms with Crippen molar-refractivity contribution in [2.45, 2.75) is 64.7 Å². The third kappa shape index (κ3) is 4.77. The summed E-state index contributed by atoms with van der Waals surface area (Å²) >= 11 is 5.78. The van der Waals surface area contributed by atoms with E-state index in [0.29, 0.717) is 5.02 Å². The van der Waals surface area contributed by atoms with Crippen LogP contribution >= 0.6 is 11.6 Å². The second kappa shape index (κ2) is 8.02. The van der Waals surface area contributed by atoms with Gasteiger partial charge >= 0.3 is 0 Å². The van der Waals surface area contributed by atoms with E-state index in [1.165, 1.54) is 51.0 Å². The summed E-state index contributed by atoms with van der Waals surface area (Å²) in [5.74, 6) is 1.61. The first kappa shape index (κ1) is 15.8. The Balaban J connectivity index is 1.73. The topological polar surface area (TPSA) is 0 Å². The van der Waals surface area contributed by atoms with Gasteiger partial charge in [0.05, 0.1) is 0 Å². The smallest absolute Gasteiger partial charge is 0.127 e. The molecule has 0 nitrogen and oxygen atoms in total. The fourth-order valence-electron chi connectivity index (χ4n) is 3.39. The highest BCUT2D eigenvalue weighted by molar-refractivity contribution is 6.30. The quantitative estimate of drug-likeness (QED) is 0.569. The van der Waals surface area contributed by atoms with Crippen LogP contribution in [-0.4, -0.2) is 0 Å². The zero-order chi connectivity index (χ0) is 14.4. The monoisotopic (exact) mass is 296 g/mol. The van der Waals surface area contributed by atoms with Gasteiger partial charge in [0.15, 0.2) is 0 Å². The van der Waals surface area contributed by atoms with E-state index in [-0.39, 0.29) is 5.82 Å². The maximum absolute atomic E-state index is 13.7. The van der Waals surface area contributed by atoms with Crippen molar-refractivity contribution >= 4 is 11.6 Å². The van der Waals surface area contributed by atoms with Crippen molar-refractivity contribution in [2.24, 2.45) is 11.8 Å². The Kier molecular flexibility index (Phi) is 6.35. The summed E-state index contributed by atoms with van der Waals surface area (Å²) in [7, 11) is 0. The molecule has 0 saturated heterocycles. The first-order valence-corrected chi connectivity index (χ1v) is 8.50. The fraction of sp³-hybridized carbons (Fsp3) is 0.667. The van der Waals surface area contributed by atoms with Crippen LogP contribution in [0, 0.1) is 17.7 Å². The Morgan fingerprint density at radius 1 is 1.10 bits per heavy atom. The molecule has 2 rings (SSSR count). The molecule has 0 amide bonds. The molecule has 0 aliphatic heterocycles. The zero-order valence-electron chi connectivity index (χ0n) is 12.5. The number of unbranched alkanes of at least 4 members (excludes halogenated alkanes) is 1. The van der Waals surface area contributed by atoms with Gasteiger partial charge in [-0.25, -0.2) is 4.39 Å². The van der Waals surface area contributed by atoms with Gasteiger partial charge in [0.2, 0.25) is 0 Å². The van der Waals surface area contributed by atoms with Crippen molar-refractivity contribution in [2.75, 3.05) is 0 Å². The Morgan fingerprint density at radius 2 is 1.75 bits per heavy atom. The minimum Gasteiger partial charge on any atom is -0.207 e. The number of hydrogen-bond acceptors (Lipinski definition) is 0. The van der Waals surface area contributed by atoms with E-state index in [1.54, 1.807) is 6.07 Å². The van der Waals surface area contributed by atoms with Gasteiger partial charge in [0.25, 0.3) is 0 Å². The Hall–Kier alpha value is -0.560. The lowest BCUT2D eigenvalue weighted by molar-refractivity contribution is 0.249. The summed E-state index contributed by atoms with van der Waals surface area (Å²) in [5.41, 5.74) is 0.822. The first-order valence-electron chi connectivity index (χ1n) is 8.13. The first-order chi connectivity index (χ1) is 9.69. The molecule has 1 aromatic rings. The average Bonchev–Trinajstić information content (AvgIpc) is 2.45. The van der Waals surface area contributed by atoms with E-state index < -0.39 is 0 Å². The molecule has 1 aromatic carbocycles. The van der Waals surface area contributed by atoms with E-state index in [0.717, 1.165) is 30.2 Å². The summed E-state index contributed by atoms with van der Waals surface area (Å²) in [6.07, 6.45) is 11.5. The van der Waals surface area contributed by atoms with Crippen LogP contribution in [0.5, 0.6) is 0 Å². The number of benzene rings is 1. The van der Waals surface area contributed by atoms with Crippen LogP contribution in [0.15, 0.2) is 18.2 Å². The second-order valence-corrected chi connectivity index (χ2v) is 6.74. The number of aryl methyl sites for hydroxylation is 1. The normalized spacial score (nSPS) is 22.9. The zero-order valence-corrected chi connectivity index (χ0v) is 13.3. The molecule has 20 heavy (non-hydrogen) atoms. The summed E-state index contributed by atoms with van der Waals surface area (Å²) in [6, 6.07) is 5.06. The van der Waals surface area contributed by atoms with Gasteiger partial charge in [-0.2, -0.15) is 0 Å². The highest BCUT2D eigenvalue weighted by Crippen LogP contribution is 2.34. The molecule has 1 aliphatic rings. The third-order valence-corrected chi connectivity index (χ3v) is 5.00. The molecule has 0 spiro atoms. The van der Waals surface area contributed by atoms with E-state index in [9.17, 15) is 4.39 Å². The van der Waals surface area contributed by atoms with Gasteiger partial charge in [-0.05, 0) is 42.4 Å². The minimum absolute atomic E-state index is 0.144. The lowest BCUT2D eigenvalue weighted by Gasteiger charge is -2.28. The van der Waals surface area contributed by atoms with Gasteiger partial charge in [0.1, 0.15) is 5.82 Å². The molecule has 112 valence electrons. The van der Waals surface area contributed by atoms with Crippen LogP contribution < -0.4 is 0 Å². The van der Waals surface area contributed by atoms with Crippen LogP contribution in [0.2, 0.25) is 5.02 Å². The molecule has 2 heteroatoms. The second-order valence-electron chi connectivity index (χ2n) is 6.30. The molecule has 0 atom stereocenters. The van der Waals surface area contributed by atoms with Crippen LogP contribution in [0.3, 0.4) is 0 Å². The summed E-state index contributed by atoms with van der Waals surface area (Å²) in [5, 5.41) is 0.489. The van der Waals surface area contributed by atoms with Crippen molar-refractivity contribution in [1.82, 2.24) is 0 Å². The molecule has 0 bridgehead atoms. The largest absolute Gasteiger partial charge is 0.207 e. The summed E-state index contributed by atoms with van der Waals surface area (Å²) in [4.78, 5) is 0. The highest BCUT2D eigenvalue weighted by atomic mass is 35.5. The Bertz CT molecular complexity index is 408. The summed E-state index contributed by atoms with van der Waals surface area (Å²) in [6.45, 7) is 2.27. The van der Waals surface area contributed by atoms with Gasteiger partial charge in [-0.3, -0.25) is 0 Å². The van der Waals surface area contributed by atoms with Gasteiger partial charge in [0, 0.05) is 5.02 Å². The predicted molar refractivity (Wildman–Crippen MR) is 84.7 cm³/mol. The fourth-order valence-corrected chi connectivity index (χ4v) is 3.54. The Labute approximate surface area is 127 Å².